The van der Waals surface area contributed by atoms with E-state index in [4.69, 9.17) is 9.97 Å². The Morgan fingerprint density at radius 3 is 2.38 bits per heavy atom. The average Bonchev–Trinajstić information content (AvgIpc) is 2.97. The van der Waals surface area contributed by atoms with E-state index in [0.29, 0.717) is 22.1 Å². The van der Waals surface area contributed by atoms with Crippen LogP contribution >= 0.6 is 0 Å². The van der Waals surface area contributed by atoms with Crippen LogP contribution in [0.4, 0.5) is 4.39 Å². The summed E-state index contributed by atoms with van der Waals surface area (Å²) in [6, 6.07) is 8.50. The molecule has 2 unspecified atom stereocenters. The molecule has 0 radical (unpaired) electrons. The number of aldehydes is 1. The van der Waals surface area contributed by atoms with Crippen LogP contribution in [0.3, 0.4) is 0 Å². The molecule has 1 N–H and O–H groups in total. The molecule has 2 aromatic carbocycles. The minimum absolute atomic E-state index is 0.0588. The van der Waals surface area contributed by atoms with Crippen molar-refractivity contribution in [3.05, 3.63) is 47.3 Å². The number of benzene rings is 2. The van der Waals surface area contributed by atoms with E-state index >= 15 is 0 Å². The fourth-order valence-electron chi connectivity index (χ4n) is 3.53. The first-order chi connectivity index (χ1) is 13.8. The van der Waals surface area contributed by atoms with Gasteiger partial charge in [0.05, 0.1) is 22.7 Å². The molecule has 0 aliphatic rings. The Balaban J connectivity index is 2.06. The lowest BCUT2D eigenvalue weighted by atomic mass is 10.1. The molecule has 7 heteroatoms. The lowest BCUT2D eigenvalue weighted by Gasteiger charge is -2.26. The van der Waals surface area contributed by atoms with Crippen molar-refractivity contribution >= 4 is 39.4 Å². The minimum Gasteiger partial charge on any atom is -0.301 e. The normalized spacial score (nSPS) is 14.2. The van der Waals surface area contributed by atoms with Gasteiger partial charge in [-0.25, -0.2) is 14.4 Å². The van der Waals surface area contributed by atoms with Crippen LogP contribution in [-0.2, 0) is 4.79 Å². The third kappa shape index (κ3) is 3.26. The Kier molecular flexibility index (Phi) is 4.80. The number of nitrogens with one attached hydrogen (secondary N) is 1. The molecule has 150 valence electrons. The van der Waals surface area contributed by atoms with E-state index < -0.39 is 6.17 Å². The third-order valence-electron chi connectivity index (χ3n) is 5.56. The number of fused-ring (bicyclic) bond motifs is 4. The van der Waals surface area contributed by atoms with Gasteiger partial charge in [0.1, 0.15) is 17.5 Å². The first-order valence-electron chi connectivity index (χ1n) is 9.56. The fraction of sp³-hybridized carbons (Fsp3) is 0.318. The van der Waals surface area contributed by atoms with Gasteiger partial charge >= 0.3 is 0 Å². The van der Waals surface area contributed by atoms with Crippen LogP contribution in [-0.4, -0.2) is 46.0 Å². The standard InChI is InChI=1S/C22H24FN5O/c1-12-8-17-18(9-13(12)2)26-22-21(25-17)16-10-15(23)6-7-19(16)28(22)20(11-29)24-14(3)27(4)5/h6-11,14,20,24H,1-5H3. The molecule has 2 heterocycles. The Hall–Kier alpha value is -2.90. The van der Waals surface area contributed by atoms with Crippen LogP contribution in [0.1, 0.15) is 24.2 Å². The van der Waals surface area contributed by atoms with Crippen molar-refractivity contribution in [1.29, 1.82) is 0 Å². The van der Waals surface area contributed by atoms with Crippen molar-refractivity contribution in [3.8, 4) is 0 Å². The fourth-order valence-corrected chi connectivity index (χ4v) is 3.53. The molecule has 4 aromatic rings. The van der Waals surface area contributed by atoms with Crippen LogP contribution in [0.25, 0.3) is 33.1 Å². The first kappa shape index (κ1) is 19.4. The predicted octanol–water partition coefficient (Wildman–Crippen LogP) is 3.69. The zero-order valence-corrected chi connectivity index (χ0v) is 17.2. The number of rotatable bonds is 5. The summed E-state index contributed by atoms with van der Waals surface area (Å²) in [6.07, 6.45) is 0.113. The highest BCUT2D eigenvalue weighted by Gasteiger charge is 2.23. The van der Waals surface area contributed by atoms with Crippen LogP contribution < -0.4 is 5.32 Å². The summed E-state index contributed by atoms with van der Waals surface area (Å²) in [5, 5.41) is 3.93. The number of hydrogen-bond donors (Lipinski definition) is 1. The summed E-state index contributed by atoms with van der Waals surface area (Å²) in [4.78, 5) is 23.7. The van der Waals surface area contributed by atoms with Crippen LogP contribution in [0.15, 0.2) is 30.3 Å². The second kappa shape index (κ2) is 7.17. The van der Waals surface area contributed by atoms with Gasteiger partial charge in [0, 0.05) is 5.39 Å². The maximum absolute atomic E-state index is 14.1. The summed E-state index contributed by atoms with van der Waals surface area (Å²) in [6.45, 7) is 6.02. The summed E-state index contributed by atoms with van der Waals surface area (Å²) in [5.41, 5.74) is 5.58. The highest BCUT2D eigenvalue weighted by atomic mass is 19.1. The van der Waals surface area contributed by atoms with E-state index in [1.807, 2.05) is 51.9 Å². The van der Waals surface area contributed by atoms with Gasteiger partial charge in [-0.05, 0) is 76.3 Å². The third-order valence-corrected chi connectivity index (χ3v) is 5.56. The Morgan fingerprint density at radius 2 is 1.76 bits per heavy atom. The quantitative estimate of drug-likeness (QED) is 0.414. The predicted molar refractivity (Wildman–Crippen MR) is 113 cm³/mol. The highest BCUT2D eigenvalue weighted by Crippen LogP contribution is 2.31. The maximum Gasteiger partial charge on any atom is 0.162 e. The van der Waals surface area contributed by atoms with Crippen molar-refractivity contribution in [1.82, 2.24) is 24.8 Å². The second-order valence-corrected chi connectivity index (χ2v) is 7.74. The monoisotopic (exact) mass is 393 g/mol. The number of aromatic nitrogens is 3. The molecule has 6 nitrogen and oxygen atoms in total. The smallest absolute Gasteiger partial charge is 0.162 e. The summed E-state index contributed by atoms with van der Waals surface area (Å²) in [7, 11) is 3.86. The summed E-state index contributed by atoms with van der Waals surface area (Å²) >= 11 is 0. The topological polar surface area (TPSA) is 63.1 Å². The molecule has 29 heavy (non-hydrogen) atoms. The molecule has 0 fully saturated rings. The van der Waals surface area contributed by atoms with E-state index in [1.54, 1.807) is 10.6 Å². The van der Waals surface area contributed by atoms with Gasteiger partial charge in [-0.3, -0.25) is 15.0 Å². The molecule has 0 saturated heterocycles. The Bertz CT molecular complexity index is 1250. The van der Waals surface area contributed by atoms with Crippen LogP contribution in [0.5, 0.6) is 0 Å². The Labute approximate surface area is 168 Å². The van der Waals surface area contributed by atoms with E-state index in [2.05, 4.69) is 5.32 Å². The van der Waals surface area contributed by atoms with E-state index in [9.17, 15) is 9.18 Å². The highest BCUT2D eigenvalue weighted by molar-refractivity contribution is 6.07. The zero-order chi connectivity index (χ0) is 20.9. The van der Waals surface area contributed by atoms with Gasteiger partial charge in [0.15, 0.2) is 11.9 Å². The zero-order valence-electron chi connectivity index (χ0n) is 17.2. The maximum atomic E-state index is 14.1. The molecule has 0 spiro atoms. The van der Waals surface area contributed by atoms with E-state index in [0.717, 1.165) is 28.4 Å². The average molecular weight is 393 g/mol. The van der Waals surface area contributed by atoms with Gasteiger partial charge in [-0.2, -0.15) is 0 Å². The molecule has 0 bridgehead atoms. The van der Waals surface area contributed by atoms with Crippen molar-refractivity contribution in [3.63, 3.8) is 0 Å². The van der Waals surface area contributed by atoms with Crippen molar-refractivity contribution in [2.45, 2.75) is 33.1 Å². The summed E-state index contributed by atoms with van der Waals surface area (Å²) in [5.74, 6) is -0.351. The SMILES string of the molecule is Cc1cc2nc3c4cc(F)ccc4n(C(C=O)NC(C)N(C)C)c3nc2cc1C. The largest absolute Gasteiger partial charge is 0.301 e. The lowest BCUT2D eigenvalue weighted by Crippen LogP contribution is -2.43. The summed E-state index contributed by atoms with van der Waals surface area (Å²) < 4.78 is 15.9. The number of halogens is 1. The van der Waals surface area contributed by atoms with Gasteiger partial charge in [-0.1, -0.05) is 0 Å². The second-order valence-electron chi connectivity index (χ2n) is 7.74. The molecule has 0 aliphatic carbocycles. The molecule has 0 amide bonds. The number of carbonyl (C=O) groups excluding carboxylic acids is 1. The lowest BCUT2D eigenvalue weighted by molar-refractivity contribution is -0.111. The van der Waals surface area contributed by atoms with Crippen molar-refractivity contribution in [2.24, 2.45) is 0 Å². The van der Waals surface area contributed by atoms with Gasteiger partial charge in [0.25, 0.3) is 0 Å². The number of hydrogen-bond acceptors (Lipinski definition) is 5. The first-order valence-corrected chi connectivity index (χ1v) is 9.56. The van der Waals surface area contributed by atoms with Crippen molar-refractivity contribution < 1.29 is 9.18 Å². The number of carbonyl (C=O) groups is 1. The van der Waals surface area contributed by atoms with Gasteiger partial charge in [-0.15, -0.1) is 0 Å². The van der Waals surface area contributed by atoms with Crippen molar-refractivity contribution in [2.75, 3.05) is 14.1 Å². The van der Waals surface area contributed by atoms with E-state index in [1.165, 1.54) is 12.1 Å². The van der Waals surface area contributed by atoms with E-state index in [-0.39, 0.29) is 12.0 Å². The minimum atomic E-state index is -0.670. The molecule has 0 aliphatic heterocycles. The van der Waals surface area contributed by atoms with Gasteiger partial charge in [0.2, 0.25) is 0 Å². The van der Waals surface area contributed by atoms with Crippen LogP contribution in [0, 0.1) is 19.7 Å². The molecular weight excluding hydrogens is 369 g/mol. The molecule has 2 atom stereocenters. The molecule has 0 saturated carbocycles. The molecule has 2 aromatic heterocycles. The van der Waals surface area contributed by atoms with Crippen LogP contribution in [0.2, 0.25) is 0 Å². The Morgan fingerprint density at radius 1 is 1.10 bits per heavy atom. The number of nitrogens with zero attached hydrogens (tertiary/aromatic N) is 4. The van der Waals surface area contributed by atoms with Gasteiger partial charge < -0.3 is 4.57 Å². The number of aryl methyl sites for hydroxylation is 2. The molecule has 4 rings (SSSR count). The molecular formula is C22H24FN5O.